The van der Waals surface area contributed by atoms with Gasteiger partial charge in [0.1, 0.15) is 0 Å². The number of nitrogens with one attached hydrogen (secondary N) is 2. The smallest absolute Gasteiger partial charge is 0.177 e. The van der Waals surface area contributed by atoms with E-state index in [1.165, 1.54) is 16.9 Å². The molecule has 0 aliphatic carbocycles. The van der Waals surface area contributed by atoms with E-state index in [9.17, 15) is 4.79 Å². The number of aromatic nitrogens is 3. The minimum Gasteiger partial charge on any atom is -0.296 e. The van der Waals surface area contributed by atoms with Crippen LogP contribution in [0.2, 0.25) is 0 Å². The first-order valence-corrected chi connectivity index (χ1v) is 11.1. The van der Waals surface area contributed by atoms with E-state index >= 15 is 0 Å². The van der Waals surface area contributed by atoms with Crippen LogP contribution in [0.1, 0.15) is 22.2 Å². The van der Waals surface area contributed by atoms with Crippen molar-refractivity contribution >= 4 is 39.5 Å². The molecule has 6 rings (SSSR count). The van der Waals surface area contributed by atoms with Crippen LogP contribution in [0.3, 0.4) is 0 Å². The fraction of sp³-hybridized carbons (Fsp3) is 0.0800. The molecule has 1 aliphatic heterocycles. The number of hydrazine groups is 1. The number of thiophene rings is 1. The van der Waals surface area contributed by atoms with E-state index < -0.39 is 0 Å². The number of H-pyrrole nitrogens is 1. The van der Waals surface area contributed by atoms with E-state index in [4.69, 9.17) is 0 Å². The number of nitrogens with zero attached hydrogens (tertiary/aromatic N) is 3. The van der Waals surface area contributed by atoms with Gasteiger partial charge >= 0.3 is 0 Å². The first-order chi connectivity index (χ1) is 15.7. The summed E-state index contributed by atoms with van der Waals surface area (Å²) < 4.78 is 0. The molecule has 1 aliphatic rings. The minimum atomic E-state index is 0.0981. The topological polar surface area (TPSA) is 73.9 Å². The molecule has 5 aromatic rings. The van der Waals surface area contributed by atoms with E-state index in [2.05, 4.69) is 62.0 Å². The zero-order valence-corrected chi connectivity index (χ0v) is 18.1. The number of hydrogen-bond donors (Lipinski definition) is 2. The van der Waals surface area contributed by atoms with Crippen molar-refractivity contribution in [3.05, 3.63) is 83.5 Å². The third kappa shape index (κ3) is 3.06. The Bertz CT molecular complexity index is 1470. The summed E-state index contributed by atoms with van der Waals surface area (Å²) in [6.45, 7) is 2.28. The molecule has 4 heterocycles. The highest BCUT2D eigenvalue weighted by Crippen LogP contribution is 2.40. The van der Waals surface area contributed by atoms with Gasteiger partial charge in [-0.15, -0.1) is 11.3 Å². The van der Waals surface area contributed by atoms with Gasteiger partial charge in [0.2, 0.25) is 0 Å². The number of hydrogen-bond acceptors (Lipinski definition) is 6. The molecule has 0 saturated heterocycles. The number of ketones is 1. The first kappa shape index (κ1) is 18.8. The maximum atomic E-state index is 11.8. The van der Waals surface area contributed by atoms with Gasteiger partial charge in [-0.05, 0) is 54.4 Å². The van der Waals surface area contributed by atoms with Crippen LogP contribution in [0.5, 0.6) is 0 Å². The van der Waals surface area contributed by atoms with Crippen LogP contribution in [0.25, 0.3) is 32.5 Å². The van der Waals surface area contributed by atoms with Gasteiger partial charge in [0.05, 0.1) is 22.6 Å². The number of Topliss-reactive ketones (excluding diaryl/α,β-unsaturated/α-hetero) is 1. The number of carbonyl (C=O) groups is 1. The fourth-order valence-corrected chi connectivity index (χ4v) is 5.11. The zero-order valence-electron chi connectivity index (χ0n) is 17.3. The average Bonchev–Trinajstić information content (AvgIpc) is 3.56. The van der Waals surface area contributed by atoms with Crippen molar-refractivity contribution in [3.63, 3.8) is 0 Å². The van der Waals surface area contributed by atoms with Gasteiger partial charge in [0.15, 0.2) is 11.6 Å². The van der Waals surface area contributed by atoms with Gasteiger partial charge < -0.3 is 0 Å². The first-order valence-electron chi connectivity index (χ1n) is 10.3. The standard InChI is InChI=1S/C25H19N5OS/c1-15(31)23-9-10-24(32-23)18-5-2-6-22-20(18)14-30(29-22)25-19-12-16(7-8-21(19)27-28-25)17-4-3-11-26-13-17/h2-13,29H,14H2,1H3,(H,27,28). The third-order valence-corrected chi connectivity index (χ3v) is 6.98. The SMILES string of the molecule is CC(=O)c1ccc(-c2cccc3c2CN(c2n[nH]c4ccc(-c5cccnc5)cc24)N3)s1. The number of fused-ring (bicyclic) bond motifs is 2. The molecule has 0 radical (unpaired) electrons. The van der Waals surface area contributed by atoms with Crippen molar-refractivity contribution < 1.29 is 4.79 Å². The maximum Gasteiger partial charge on any atom is 0.177 e. The highest BCUT2D eigenvalue weighted by atomic mass is 32.1. The molecule has 0 unspecified atom stereocenters. The third-order valence-electron chi connectivity index (χ3n) is 5.76. The Hall–Kier alpha value is -3.97. The summed E-state index contributed by atoms with van der Waals surface area (Å²) in [5, 5.41) is 10.9. The van der Waals surface area contributed by atoms with E-state index in [-0.39, 0.29) is 5.78 Å². The summed E-state index contributed by atoms with van der Waals surface area (Å²) in [7, 11) is 0. The summed E-state index contributed by atoms with van der Waals surface area (Å²) >= 11 is 1.54. The minimum absolute atomic E-state index is 0.0981. The largest absolute Gasteiger partial charge is 0.296 e. The van der Waals surface area contributed by atoms with Crippen molar-refractivity contribution in [2.24, 2.45) is 0 Å². The van der Waals surface area contributed by atoms with Gasteiger partial charge in [-0.25, -0.2) is 0 Å². The van der Waals surface area contributed by atoms with E-state index in [0.29, 0.717) is 6.54 Å². The lowest BCUT2D eigenvalue weighted by Gasteiger charge is -2.16. The highest BCUT2D eigenvalue weighted by Gasteiger charge is 2.25. The Morgan fingerprint density at radius 2 is 2.00 bits per heavy atom. The summed E-state index contributed by atoms with van der Waals surface area (Å²) in [5.41, 5.74) is 10.1. The summed E-state index contributed by atoms with van der Waals surface area (Å²) in [5.74, 6) is 0.949. The van der Waals surface area contributed by atoms with Crippen molar-refractivity contribution in [2.75, 3.05) is 10.4 Å². The van der Waals surface area contributed by atoms with Crippen molar-refractivity contribution in [1.82, 2.24) is 15.2 Å². The van der Waals surface area contributed by atoms with Gasteiger partial charge in [0.25, 0.3) is 0 Å². The van der Waals surface area contributed by atoms with E-state index in [0.717, 1.165) is 48.9 Å². The highest BCUT2D eigenvalue weighted by molar-refractivity contribution is 7.17. The predicted molar refractivity (Wildman–Crippen MR) is 129 cm³/mol. The molecule has 2 N–H and O–H groups in total. The predicted octanol–water partition coefficient (Wildman–Crippen LogP) is 5.90. The number of carbonyl (C=O) groups excluding carboxylic acids is 1. The molecule has 0 fully saturated rings. The second-order valence-corrected chi connectivity index (χ2v) is 8.88. The molecule has 32 heavy (non-hydrogen) atoms. The molecule has 2 aromatic carbocycles. The van der Waals surface area contributed by atoms with Crippen LogP contribution < -0.4 is 10.4 Å². The molecular formula is C25H19N5OS. The van der Waals surface area contributed by atoms with Gasteiger partial charge in [-0.3, -0.25) is 25.3 Å². The Kier molecular flexibility index (Phi) is 4.29. The molecule has 0 bridgehead atoms. The molecular weight excluding hydrogens is 418 g/mol. The van der Waals surface area contributed by atoms with Gasteiger partial charge in [-0.2, -0.15) is 5.10 Å². The lowest BCUT2D eigenvalue weighted by molar-refractivity contribution is 0.102. The maximum absolute atomic E-state index is 11.8. The Morgan fingerprint density at radius 1 is 1.06 bits per heavy atom. The van der Waals surface area contributed by atoms with E-state index in [1.54, 1.807) is 13.1 Å². The average molecular weight is 438 g/mol. The molecule has 0 spiro atoms. The number of rotatable bonds is 4. The fourth-order valence-electron chi connectivity index (χ4n) is 4.15. The number of aromatic amines is 1. The summed E-state index contributed by atoms with van der Waals surface area (Å²) in [4.78, 5) is 17.9. The Labute approximate surface area is 188 Å². The van der Waals surface area contributed by atoms with Crippen LogP contribution >= 0.6 is 11.3 Å². The van der Waals surface area contributed by atoms with Crippen LogP contribution in [-0.2, 0) is 6.54 Å². The van der Waals surface area contributed by atoms with Gasteiger partial charge in [0, 0.05) is 33.8 Å². The summed E-state index contributed by atoms with van der Waals surface area (Å²) in [6.07, 6.45) is 3.65. The normalized spacial score (nSPS) is 12.7. The summed E-state index contributed by atoms with van der Waals surface area (Å²) in [6, 6.07) is 20.4. The van der Waals surface area contributed by atoms with Crippen molar-refractivity contribution in [1.29, 1.82) is 0 Å². The van der Waals surface area contributed by atoms with Crippen LogP contribution in [0.4, 0.5) is 11.5 Å². The molecule has 0 saturated carbocycles. The number of benzene rings is 2. The molecule has 3 aromatic heterocycles. The molecule has 0 atom stereocenters. The van der Waals surface area contributed by atoms with Crippen LogP contribution in [0.15, 0.2) is 73.1 Å². The quantitative estimate of drug-likeness (QED) is 0.342. The lowest BCUT2D eigenvalue weighted by Crippen LogP contribution is -2.23. The van der Waals surface area contributed by atoms with Crippen molar-refractivity contribution in [2.45, 2.75) is 13.5 Å². The monoisotopic (exact) mass is 437 g/mol. The lowest BCUT2D eigenvalue weighted by atomic mass is 10.0. The van der Waals surface area contributed by atoms with E-state index in [1.807, 2.05) is 30.5 Å². The second kappa shape index (κ2) is 7.32. The van der Waals surface area contributed by atoms with Crippen molar-refractivity contribution in [3.8, 4) is 21.6 Å². The van der Waals surface area contributed by atoms with Gasteiger partial charge in [-0.1, -0.05) is 24.3 Å². The number of anilines is 2. The molecule has 0 amide bonds. The van der Waals surface area contributed by atoms with Crippen LogP contribution in [0, 0.1) is 0 Å². The Morgan fingerprint density at radius 3 is 2.81 bits per heavy atom. The molecule has 7 heteroatoms. The second-order valence-electron chi connectivity index (χ2n) is 7.80. The Balaban J connectivity index is 1.38. The van der Waals surface area contributed by atoms with Crippen LogP contribution in [-0.4, -0.2) is 21.0 Å². The molecule has 156 valence electrons. The molecule has 6 nitrogen and oxygen atoms in total. The number of pyridine rings is 1. The zero-order chi connectivity index (χ0) is 21.7.